The van der Waals surface area contributed by atoms with Gasteiger partial charge in [0.05, 0.1) is 0 Å². The van der Waals surface area contributed by atoms with Crippen LogP contribution in [0.25, 0.3) is 0 Å². The van der Waals surface area contributed by atoms with Crippen molar-refractivity contribution in [3.63, 3.8) is 0 Å². The summed E-state index contributed by atoms with van der Waals surface area (Å²) >= 11 is 0. The molecule has 1 N–H and O–H groups in total. The summed E-state index contributed by atoms with van der Waals surface area (Å²) in [4.78, 5) is 8.70. The Balaban J connectivity index is 1.76. The van der Waals surface area contributed by atoms with Gasteiger partial charge in [-0.2, -0.15) is 0 Å². The maximum absolute atomic E-state index is 14.7. The molecule has 0 unspecified atom stereocenters. The topological polar surface area (TPSA) is 31.4 Å². The number of pyridine rings is 1. The quantitative estimate of drug-likeness (QED) is 0.920. The van der Waals surface area contributed by atoms with Crippen LogP contribution in [0.2, 0.25) is 0 Å². The molecule has 1 saturated carbocycles. The monoisotopic (exact) mass is 292 g/mol. The summed E-state index contributed by atoms with van der Waals surface area (Å²) in [7, 11) is 2.12. The predicted octanol–water partition coefficient (Wildman–Crippen LogP) is 2.00. The number of hydrogen-bond donors (Lipinski definition) is 1. The fourth-order valence-electron chi connectivity index (χ4n) is 2.79. The lowest BCUT2D eigenvalue weighted by Gasteiger charge is -2.45. The predicted molar refractivity (Wildman–Crippen MR) is 83.0 cm³/mol. The number of nitrogens with zero attached hydrogens (tertiary/aromatic N) is 3. The molecule has 2 fully saturated rings. The van der Waals surface area contributed by atoms with Crippen molar-refractivity contribution in [1.82, 2.24) is 15.2 Å². The van der Waals surface area contributed by atoms with E-state index in [1.165, 1.54) is 12.8 Å². The van der Waals surface area contributed by atoms with Gasteiger partial charge in [0.2, 0.25) is 0 Å². The molecule has 1 aliphatic carbocycles. The SMILES string of the molecule is CN1CCN(c2nccc(CNC3CC3)c2F)CC1(C)C. The zero-order valence-electron chi connectivity index (χ0n) is 13.2. The van der Waals surface area contributed by atoms with Crippen LogP contribution in [0.3, 0.4) is 0 Å². The fraction of sp³-hybridized carbons (Fsp3) is 0.688. The van der Waals surface area contributed by atoms with Gasteiger partial charge in [0.1, 0.15) is 0 Å². The van der Waals surface area contributed by atoms with E-state index in [2.05, 4.69) is 41.0 Å². The number of hydrogen-bond acceptors (Lipinski definition) is 4. The molecule has 1 aromatic rings. The first-order chi connectivity index (χ1) is 9.97. The zero-order chi connectivity index (χ0) is 15.0. The third-order valence-electron chi connectivity index (χ3n) is 4.73. The van der Waals surface area contributed by atoms with E-state index in [4.69, 9.17) is 0 Å². The van der Waals surface area contributed by atoms with E-state index in [1.54, 1.807) is 12.3 Å². The molecule has 3 rings (SSSR count). The highest BCUT2D eigenvalue weighted by molar-refractivity contribution is 5.44. The van der Waals surface area contributed by atoms with Crippen molar-refractivity contribution >= 4 is 5.82 Å². The Hall–Kier alpha value is -1.20. The highest BCUT2D eigenvalue weighted by Crippen LogP contribution is 2.27. The minimum Gasteiger partial charge on any atom is -0.351 e. The standard InChI is InChI=1S/C16H25FN4/c1-16(2)11-21(9-8-20(16)3)15-14(17)12(6-7-18-15)10-19-13-4-5-13/h6-7,13,19H,4-5,8-11H2,1-3H3. The van der Waals surface area contributed by atoms with Crippen molar-refractivity contribution in [3.05, 3.63) is 23.6 Å². The van der Waals surface area contributed by atoms with Crippen molar-refractivity contribution in [2.45, 2.75) is 44.8 Å². The molecule has 0 bridgehead atoms. The number of halogens is 1. The number of aromatic nitrogens is 1. The first-order valence-corrected chi connectivity index (χ1v) is 7.80. The van der Waals surface area contributed by atoms with E-state index in [-0.39, 0.29) is 11.4 Å². The van der Waals surface area contributed by atoms with Gasteiger partial charge in [-0.1, -0.05) is 0 Å². The Morgan fingerprint density at radius 1 is 1.38 bits per heavy atom. The summed E-state index contributed by atoms with van der Waals surface area (Å²) in [5, 5.41) is 3.37. The molecule has 2 aliphatic rings. The van der Waals surface area contributed by atoms with Crippen molar-refractivity contribution in [1.29, 1.82) is 0 Å². The molecule has 2 heterocycles. The van der Waals surface area contributed by atoms with Gasteiger partial charge >= 0.3 is 0 Å². The lowest BCUT2D eigenvalue weighted by molar-refractivity contribution is 0.138. The third-order valence-corrected chi connectivity index (χ3v) is 4.73. The summed E-state index contributed by atoms with van der Waals surface area (Å²) in [6.45, 7) is 7.53. The Bertz CT molecular complexity index is 513. The third kappa shape index (κ3) is 3.19. The Morgan fingerprint density at radius 2 is 2.14 bits per heavy atom. The number of rotatable bonds is 4. The normalized spacial score (nSPS) is 22.6. The Labute approximate surface area is 126 Å². The van der Waals surface area contributed by atoms with E-state index in [9.17, 15) is 4.39 Å². The maximum atomic E-state index is 14.7. The van der Waals surface area contributed by atoms with Gasteiger partial charge in [-0.25, -0.2) is 9.37 Å². The first kappa shape index (κ1) is 14.7. The summed E-state index contributed by atoms with van der Waals surface area (Å²) in [5.74, 6) is 0.345. The average Bonchev–Trinajstić information content (AvgIpc) is 3.25. The summed E-state index contributed by atoms with van der Waals surface area (Å²) in [5.41, 5.74) is 0.762. The highest BCUT2D eigenvalue weighted by atomic mass is 19.1. The van der Waals surface area contributed by atoms with Crippen LogP contribution in [-0.4, -0.2) is 48.1 Å². The summed E-state index contributed by atoms with van der Waals surface area (Å²) in [6, 6.07) is 2.37. The molecule has 0 aromatic carbocycles. The molecule has 1 aliphatic heterocycles. The van der Waals surface area contributed by atoms with Gasteiger partial charge in [0, 0.05) is 49.5 Å². The molecule has 1 aromatic heterocycles. The van der Waals surface area contributed by atoms with E-state index < -0.39 is 0 Å². The van der Waals surface area contributed by atoms with Gasteiger partial charge in [-0.15, -0.1) is 0 Å². The lowest BCUT2D eigenvalue weighted by Crippen LogP contribution is -2.58. The van der Waals surface area contributed by atoms with Crippen LogP contribution in [0.1, 0.15) is 32.3 Å². The Morgan fingerprint density at radius 3 is 2.81 bits per heavy atom. The molecule has 0 radical (unpaired) electrons. The molecule has 0 spiro atoms. The highest BCUT2D eigenvalue weighted by Gasteiger charge is 2.33. The summed E-state index contributed by atoms with van der Waals surface area (Å²) in [6.07, 6.45) is 4.16. The maximum Gasteiger partial charge on any atom is 0.170 e. The van der Waals surface area contributed by atoms with E-state index in [0.717, 1.165) is 25.2 Å². The number of piperazine rings is 1. The van der Waals surface area contributed by atoms with Gasteiger partial charge < -0.3 is 10.2 Å². The van der Waals surface area contributed by atoms with Crippen LogP contribution in [0.4, 0.5) is 10.2 Å². The fourth-order valence-corrected chi connectivity index (χ4v) is 2.79. The second-order valence-corrected chi connectivity index (χ2v) is 6.92. The van der Waals surface area contributed by atoms with Crippen LogP contribution in [0.15, 0.2) is 12.3 Å². The minimum atomic E-state index is -0.161. The average molecular weight is 292 g/mol. The summed E-state index contributed by atoms with van der Waals surface area (Å²) < 4.78 is 14.7. The van der Waals surface area contributed by atoms with Crippen LogP contribution < -0.4 is 10.2 Å². The largest absolute Gasteiger partial charge is 0.351 e. The van der Waals surface area contributed by atoms with Crippen molar-refractivity contribution in [2.24, 2.45) is 0 Å². The molecule has 1 saturated heterocycles. The number of anilines is 1. The minimum absolute atomic E-state index is 0.0363. The van der Waals surface area contributed by atoms with Crippen LogP contribution >= 0.6 is 0 Å². The van der Waals surface area contributed by atoms with E-state index in [1.807, 2.05) is 0 Å². The molecule has 5 heteroatoms. The van der Waals surface area contributed by atoms with Crippen molar-refractivity contribution in [2.75, 3.05) is 31.6 Å². The molecular formula is C16H25FN4. The second kappa shape index (κ2) is 5.54. The van der Waals surface area contributed by atoms with E-state index in [0.29, 0.717) is 18.4 Å². The number of likely N-dealkylation sites (N-methyl/N-ethyl adjacent to an activating group) is 1. The Kier molecular flexibility index (Phi) is 3.88. The number of nitrogens with one attached hydrogen (secondary N) is 1. The molecule has 0 atom stereocenters. The molecular weight excluding hydrogens is 267 g/mol. The van der Waals surface area contributed by atoms with Gasteiger partial charge in [-0.3, -0.25) is 4.90 Å². The van der Waals surface area contributed by atoms with Gasteiger partial charge in [0.25, 0.3) is 0 Å². The first-order valence-electron chi connectivity index (χ1n) is 7.80. The lowest BCUT2D eigenvalue weighted by atomic mass is 9.99. The smallest absolute Gasteiger partial charge is 0.170 e. The molecule has 116 valence electrons. The zero-order valence-corrected chi connectivity index (χ0v) is 13.2. The van der Waals surface area contributed by atoms with Gasteiger partial charge in [-0.05, 0) is 39.8 Å². The van der Waals surface area contributed by atoms with Crippen LogP contribution in [0, 0.1) is 5.82 Å². The van der Waals surface area contributed by atoms with Crippen LogP contribution in [0.5, 0.6) is 0 Å². The van der Waals surface area contributed by atoms with Crippen molar-refractivity contribution in [3.8, 4) is 0 Å². The van der Waals surface area contributed by atoms with E-state index >= 15 is 0 Å². The van der Waals surface area contributed by atoms with Crippen LogP contribution in [-0.2, 0) is 6.54 Å². The van der Waals surface area contributed by atoms with Gasteiger partial charge in [0.15, 0.2) is 11.6 Å². The van der Waals surface area contributed by atoms with Crippen molar-refractivity contribution < 1.29 is 4.39 Å². The molecule has 4 nitrogen and oxygen atoms in total. The molecule has 0 amide bonds. The molecule has 21 heavy (non-hydrogen) atoms. The second-order valence-electron chi connectivity index (χ2n) is 6.92.